The van der Waals surface area contributed by atoms with Crippen LogP contribution in [0.5, 0.6) is 0 Å². The molecule has 0 saturated carbocycles. The molecule has 0 atom stereocenters. The summed E-state index contributed by atoms with van der Waals surface area (Å²) < 4.78 is 0. The van der Waals surface area contributed by atoms with Gasteiger partial charge in [0.1, 0.15) is 10.8 Å². The molecular formula is C10H15N3S. The predicted octanol–water partition coefficient (Wildman–Crippen LogP) is 2.19. The molecule has 2 rings (SSSR count). The monoisotopic (exact) mass is 209 g/mol. The van der Waals surface area contributed by atoms with Crippen LogP contribution < -0.4 is 4.90 Å². The fourth-order valence-electron chi connectivity index (χ4n) is 1.65. The number of rotatable bonds is 3. The Kier molecular flexibility index (Phi) is 3.24. The highest BCUT2D eigenvalue weighted by Crippen LogP contribution is 2.20. The molecule has 4 heteroatoms. The molecule has 0 aromatic carbocycles. The van der Waals surface area contributed by atoms with Gasteiger partial charge < -0.3 is 4.90 Å². The summed E-state index contributed by atoms with van der Waals surface area (Å²) in [5.74, 6) is 2.10. The fourth-order valence-corrected chi connectivity index (χ4v) is 2.24. The number of anilines is 1. The Morgan fingerprint density at radius 2 is 2.14 bits per heavy atom. The van der Waals surface area contributed by atoms with Gasteiger partial charge in [-0.15, -0.1) is 11.8 Å². The Bertz CT molecular complexity index is 297. The maximum Gasteiger partial charge on any atom is 0.148 e. The van der Waals surface area contributed by atoms with Crippen molar-refractivity contribution >= 4 is 17.6 Å². The van der Waals surface area contributed by atoms with E-state index in [1.807, 2.05) is 12.4 Å². The third-order valence-corrected chi connectivity index (χ3v) is 3.10. The molecule has 0 unspecified atom stereocenters. The van der Waals surface area contributed by atoms with E-state index in [9.17, 15) is 0 Å². The molecule has 0 aliphatic carbocycles. The van der Waals surface area contributed by atoms with Crippen LogP contribution in [0.1, 0.15) is 19.8 Å². The first kappa shape index (κ1) is 9.77. The van der Waals surface area contributed by atoms with Gasteiger partial charge in [-0.3, -0.25) is 4.98 Å². The summed E-state index contributed by atoms with van der Waals surface area (Å²) in [6, 6.07) is 0. The lowest BCUT2D eigenvalue weighted by atomic mass is 10.4. The summed E-state index contributed by atoms with van der Waals surface area (Å²) in [5.41, 5.74) is 0. The Morgan fingerprint density at radius 3 is 2.86 bits per heavy atom. The number of hydrogen-bond acceptors (Lipinski definition) is 4. The Labute approximate surface area is 88.9 Å². The zero-order chi connectivity index (χ0) is 9.80. The number of nitrogens with zero attached hydrogens (tertiary/aromatic N) is 3. The van der Waals surface area contributed by atoms with Gasteiger partial charge in [0.05, 0.1) is 12.4 Å². The molecule has 76 valence electrons. The molecule has 1 aromatic rings. The molecule has 1 aromatic heterocycles. The molecule has 0 bridgehead atoms. The van der Waals surface area contributed by atoms with E-state index in [0.29, 0.717) is 0 Å². The molecule has 1 aliphatic rings. The van der Waals surface area contributed by atoms with Gasteiger partial charge in [-0.1, -0.05) is 6.92 Å². The summed E-state index contributed by atoms with van der Waals surface area (Å²) in [7, 11) is 0. The van der Waals surface area contributed by atoms with Gasteiger partial charge in [-0.25, -0.2) is 4.98 Å². The maximum absolute atomic E-state index is 4.57. The largest absolute Gasteiger partial charge is 0.355 e. The van der Waals surface area contributed by atoms with Crippen molar-refractivity contribution in [1.29, 1.82) is 0 Å². The van der Waals surface area contributed by atoms with E-state index < -0.39 is 0 Å². The second kappa shape index (κ2) is 4.64. The normalized spacial score (nSPS) is 16.2. The van der Waals surface area contributed by atoms with E-state index in [0.717, 1.165) is 29.7 Å². The van der Waals surface area contributed by atoms with E-state index >= 15 is 0 Å². The first-order valence-electron chi connectivity index (χ1n) is 5.10. The highest BCUT2D eigenvalue weighted by molar-refractivity contribution is 7.99. The Morgan fingerprint density at radius 1 is 1.36 bits per heavy atom. The van der Waals surface area contributed by atoms with Crippen molar-refractivity contribution in [2.45, 2.75) is 24.8 Å². The third-order valence-electron chi connectivity index (χ3n) is 2.32. The van der Waals surface area contributed by atoms with E-state index in [1.54, 1.807) is 11.8 Å². The van der Waals surface area contributed by atoms with E-state index in [-0.39, 0.29) is 0 Å². The van der Waals surface area contributed by atoms with Crippen LogP contribution in [-0.4, -0.2) is 28.8 Å². The van der Waals surface area contributed by atoms with Gasteiger partial charge in [-0.2, -0.15) is 0 Å². The van der Waals surface area contributed by atoms with Crippen LogP contribution >= 0.6 is 11.8 Å². The van der Waals surface area contributed by atoms with Crippen LogP contribution in [0, 0.1) is 0 Å². The van der Waals surface area contributed by atoms with Crippen LogP contribution in [0.2, 0.25) is 0 Å². The van der Waals surface area contributed by atoms with Crippen molar-refractivity contribution in [1.82, 2.24) is 9.97 Å². The lowest BCUT2D eigenvalue weighted by Crippen LogP contribution is -2.19. The summed E-state index contributed by atoms with van der Waals surface area (Å²) in [6.07, 6.45) is 6.28. The zero-order valence-electron chi connectivity index (χ0n) is 8.44. The van der Waals surface area contributed by atoms with Crippen molar-refractivity contribution in [2.24, 2.45) is 0 Å². The molecule has 3 nitrogen and oxygen atoms in total. The number of thioether (sulfide) groups is 1. The van der Waals surface area contributed by atoms with Crippen LogP contribution in [0.15, 0.2) is 17.4 Å². The number of hydrogen-bond donors (Lipinski definition) is 0. The standard InChI is InChI=1S/C10H15N3S/c1-2-14-10-8-11-7-9(12-10)13-5-3-4-6-13/h7-8H,2-6H2,1H3. The van der Waals surface area contributed by atoms with Crippen LogP contribution in [-0.2, 0) is 0 Å². The molecule has 1 saturated heterocycles. The van der Waals surface area contributed by atoms with E-state index in [1.165, 1.54) is 12.8 Å². The smallest absolute Gasteiger partial charge is 0.148 e. The van der Waals surface area contributed by atoms with Gasteiger partial charge in [0.25, 0.3) is 0 Å². The molecule has 0 N–H and O–H groups in total. The average Bonchev–Trinajstić information content (AvgIpc) is 2.71. The minimum absolute atomic E-state index is 1.04. The molecular weight excluding hydrogens is 194 g/mol. The van der Waals surface area contributed by atoms with Crippen molar-refractivity contribution in [3.05, 3.63) is 12.4 Å². The molecule has 2 heterocycles. The van der Waals surface area contributed by atoms with Crippen molar-refractivity contribution < 1.29 is 0 Å². The summed E-state index contributed by atoms with van der Waals surface area (Å²) in [4.78, 5) is 11.1. The van der Waals surface area contributed by atoms with Crippen LogP contribution in [0.3, 0.4) is 0 Å². The van der Waals surface area contributed by atoms with Crippen LogP contribution in [0.4, 0.5) is 5.82 Å². The van der Waals surface area contributed by atoms with E-state index in [2.05, 4.69) is 21.8 Å². The van der Waals surface area contributed by atoms with Gasteiger partial charge in [0, 0.05) is 13.1 Å². The summed E-state index contributed by atoms with van der Waals surface area (Å²) in [5, 5.41) is 1.04. The predicted molar refractivity (Wildman–Crippen MR) is 59.9 cm³/mol. The molecule has 1 fully saturated rings. The van der Waals surface area contributed by atoms with E-state index in [4.69, 9.17) is 0 Å². The molecule has 14 heavy (non-hydrogen) atoms. The second-order valence-corrected chi connectivity index (χ2v) is 4.63. The highest BCUT2D eigenvalue weighted by Gasteiger charge is 2.13. The summed E-state index contributed by atoms with van der Waals surface area (Å²) in [6.45, 7) is 4.40. The van der Waals surface area contributed by atoms with Gasteiger partial charge in [0.15, 0.2) is 0 Å². The Hall–Kier alpha value is -0.770. The number of aromatic nitrogens is 2. The third kappa shape index (κ3) is 2.18. The minimum Gasteiger partial charge on any atom is -0.355 e. The molecule has 0 spiro atoms. The highest BCUT2D eigenvalue weighted by atomic mass is 32.2. The summed E-state index contributed by atoms with van der Waals surface area (Å²) >= 11 is 1.75. The Balaban J connectivity index is 2.12. The molecule has 0 amide bonds. The average molecular weight is 209 g/mol. The first-order valence-corrected chi connectivity index (χ1v) is 6.08. The SMILES string of the molecule is CCSc1cncc(N2CCCC2)n1. The fraction of sp³-hybridized carbons (Fsp3) is 0.600. The molecule has 1 aliphatic heterocycles. The van der Waals surface area contributed by atoms with Crippen molar-refractivity contribution in [3.63, 3.8) is 0 Å². The molecule has 0 radical (unpaired) electrons. The van der Waals surface area contributed by atoms with Gasteiger partial charge >= 0.3 is 0 Å². The first-order chi connectivity index (χ1) is 6.90. The van der Waals surface area contributed by atoms with Gasteiger partial charge in [0.2, 0.25) is 0 Å². The van der Waals surface area contributed by atoms with Crippen LogP contribution in [0.25, 0.3) is 0 Å². The van der Waals surface area contributed by atoms with Crippen molar-refractivity contribution in [3.8, 4) is 0 Å². The van der Waals surface area contributed by atoms with Gasteiger partial charge in [-0.05, 0) is 18.6 Å². The zero-order valence-corrected chi connectivity index (χ0v) is 9.26. The lowest BCUT2D eigenvalue weighted by Gasteiger charge is -2.15. The second-order valence-electron chi connectivity index (χ2n) is 3.34. The lowest BCUT2D eigenvalue weighted by molar-refractivity contribution is 0.899. The minimum atomic E-state index is 1.04. The maximum atomic E-state index is 4.57. The topological polar surface area (TPSA) is 29.0 Å². The van der Waals surface area contributed by atoms with Crippen molar-refractivity contribution in [2.75, 3.05) is 23.7 Å². The quantitative estimate of drug-likeness (QED) is 0.714.